The lowest BCUT2D eigenvalue weighted by atomic mass is 9.83. The number of aliphatic carboxylic acids is 1. The highest BCUT2D eigenvalue weighted by Gasteiger charge is 2.44. The second-order valence-electron chi connectivity index (χ2n) is 13.0. The highest BCUT2D eigenvalue weighted by molar-refractivity contribution is 6.31. The van der Waals surface area contributed by atoms with Gasteiger partial charge < -0.3 is 14.9 Å². The summed E-state index contributed by atoms with van der Waals surface area (Å²) in [6.45, 7) is 1.75. The van der Waals surface area contributed by atoms with Crippen LogP contribution in [0, 0.1) is 17.7 Å². The molecular weight excluding hydrogens is 610 g/mol. The van der Waals surface area contributed by atoms with Crippen molar-refractivity contribution in [1.29, 1.82) is 0 Å². The fraction of sp³-hybridized carbons (Fsp3) is 0.588. The Hall–Kier alpha value is -2.69. The number of hydrogen-bond donors (Lipinski definition) is 1. The maximum Gasteiger partial charge on any atom is 0.406 e. The summed E-state index contributed by atoms with van der Waals surface area (Å²) >= 11 is 6.07. The number of carboxylic acid groups (broad SMARTS) is 1. The van der Waals surface area contributed by atoms with Crippen LogP contribution in [0.4, 0.5) is 17.6 Å². The summed E-state index contributed by atoms with van der Waals surface area (Å²) in [7, 11) is 0. The summed E-state index contributed by atoms with van der Waals surface area (Å²) in [6.07, 6.45) is 1.04. The molecule has 3 fully saturated rings. The summed E-state index contributed by atoms with van der Waals surface area (Å²) in [5.74, 6) is -1.56. The van der Waals surface area contributed by atoms with Gasteiger partial charge in [-0.1, -0.05) is 67.3 Å². The molecule has 11 heteroatoms. The van der Waals surface area contributed by atoms with Gasteiger partial charge in [0.25, 0.3) is 0 Å². The molecular formula is C34H42ClF4N3O3. The quantitative estimate of drug-likeness (QED) is 0.293. The van der Waals surface area contributed by atoms with Gasteiger partial charge in [-0.15, -0.1) is 0 Å². The highest BCUT2D eigenvalue weighted by Crippen LogP contribution is 2.39. The first kappa shape index (κ1) is 33.7. The Morgan fingerprint density at radius 2 is 1.67 bits per heavy atom. The molecule has 2 heterocycles. The van der Waals surface area contributed by atoms with Gasteiger partial charge in [-0.05, 0) is 60.8 Å². The first-order valence-corrected chi connectivity index (χ1v) is 16.4. The number of nitrogens with zero attached hydrogens (tertiary/aromatic N) is 3. The summed E-state index contributed by atoms with van der Waals surface area (Å²) in [4.78, 5) is 31.1. The third-order valence-electron chi connectivity index (χ3n) is 9.96. The Morgan fingerprint density at radius 1 is 0.978 bits per heavy atom. The Morgan fingerprint density at radius 3 is 2.29 bits per heavy atom. The van der Waals surface area contributed by atoms with E-state index in [0.29, 0.717) is 51.1 Å². The molecule has 3 atom stereocenters. The second kappa shape index (κ2) is 14.8. The predicted molar refractivity (Wildman–Crippen MR) is 165 cm³/mol. The molecule has 2 aromatic rings. The number of piperidine rings is 1. The molecule has 3 unspecified atom stereocenters. The largest absolute Gasteiger partial charge is 0.480 e. The van der Waals surface area contributed by atoms with Crippen LogP contribution in [0.3, 0.4) is 0 Å². The van der Waals surface area contributed by atoms with Crippen molar-refractivity contribution in [2.75, 3.05) is 39.3 Å². The van der Waals surface area contributed by atoms with E-state index in [2.05, 4.69) is 21.9 Å². The summed E-state index contributed by atoms with van der Waals surface area (Å²) in [5, 5.41) is 10.3. The maximum absolute atomic E-state index is 13.6. The average molecular weight is 652 g/mol. The van der Waals surface area contributed by atoms with Crippen LogP contribution in [0.15, 0.2) is 48.5 Å². The molecule has 6 nitrogen and oxygen atoms in total. The maximum atomic E-state index is 13.6. The Balaban J connectivity index is 1.26. The lowest BCUT2D eigenvalue weighted by Gasteiger charge is -2.40. The number of alkyl halides is 3. The van der Waals surface area contributed by atoms with Crippen LogP contribution in [0.2, 0.25) is 5.02 Å². The van der Waals surface area contributed by atoms with E-state index in [1.54, 1.807) is 0 Å². The number of rotatable bonds is 10. The molecule has 2 aliphatic heterocycles. The van der Waals surface area contributed by atoms with Crippen LogP contribution in [0.25, 0.3) is 0 Å². The van der Waals surface area contributed by atoms with Crippen LogP contribution in [-0.2, 0) is 16.0 Å². The highest BCUT2D eigenvalue weighted by atomic mass is 35.5. The van der Waals surface area contributed by atoms with Crippen molar-refractivity contribution in [2.45, 2.75) is 75.5 Å². The monoisotopic (exact) mass is 651 g/mol. The molecule has 5 rings (SSSR count). The molecule has 0 spiro atoms. The first-order valence-electron chi connectivity index (χ1n) is 16.0. The van der Waals surface area contributed by atoms with E-state index in [1.807, 2.05) is 18.2 Å². The molecule has 1 N–H and O–H groups in total. The van der Waals surface area contributed by atoms with Crippen molar-refractivity contribution < 1.29 is 32.3 Å². The predicted octanol–water partition coefficient (Wildman–Crippen LogP) is 6.63. The van der Waals surface area contributed by atoms with Crippen LogP contribution in [-0.4, -0.2) is 89.2 Å². The minimum atomic E-state index is -4.56. The number of amides is 1. The van der Waals surface area contributed by atoms with E-state index in [1.165, 1.54) is 11.6 Å². The Kier molecular flexibility index (Phi) is 11.1. The van der Waals surface area contributed by atoms with Crippen LogP contribution < -0.4 is 0 Å². The van der Waals surface area contributed by atoms with E-state index < -0.39 is 42.5 Å². The van der Waals surface area contributed by atoms with Crippen molar-refractivity contribution in [3.05, 3.63) is 70.5 Å². The Labute approximate surface area is 267 Å². The van der Waals surface area contributed by atoms with Gasteiger partial charge in [0.05, 0.1) is 6.42 Å². The van der Waals surface area contributed by atoms with Crippen LogP contribution in [0.5, 0.6) is 0 Å². The third-order valence-corrected chi connectivity index (χ3v) is 10.3. The van der Waals surface area contributed by atoms with Crippen LogP contribution in [0.1, 0.15) is 62.0 Å². The van der Waals surface area contributed by atoms with E-state index in [4.69, 9.17) is 11.6 Å². The normalized spacial score (nSPS) is 23.2. The van der Waals surface area contributed by atoms with Gasteiger partial charge in [0.2, 0.25) is 5.91 Å². The zero-order valence-corrected chi connectivity index (χ0v) is 26.2. The van der Waals surface area contributed by atoms with Crippen molar-refractivity contribution >= 4 is 23.5 Å². The molecule has 0 bridgehead atoms. The number of carbonyl (C=O) groups is 2. The van der Waals surface area contributed by atoms with Gasteiger partial charge in [0.1, 0.15) is 18.4 Å². The van der Waals surface area contributed by atoms with Crippen molar-refractivity contribution in [1.82, 2.24) is 14.7 Å². The molecule has 0 radical (unpaired) electrons. The number of hydrogen-bond acceptors (Lipinski definition) is 4. The second-order valence-corrected chi connectivity index (χ2v) is 13.4. The zero-order valence-electron chi connectivity index (χ0n) is 25.4. The minimum absolute atomic E-state index is 0.0114. The van der Waals surface area contributed by atoms with Gasteiger partial charge in [0, 0.05) is 49.7 Å². The molecule has 1 amide bonds. The lowest BCUT2D eigenvalue weighted by Crippen LogP contribution is -2.51. The van der Waals surface area contributed by atoms with Gasteiger partial charge in [0.15, 0.2) is 0 Å². The smallest absolute Gasteiger partial charge is 0.406 e. The molecule has 246 valence electrons. The third kappa shape index (κ3) is 8.77. The number of benzene rings is 2. The summed E-state index contributed by atoms with van der Waals surface area (Å²) < 4.78 is 54.3. The zero-order chi connectivity index (χ0) is 32.1. The molecule has 0 aromatic heterocycles. The molecule has 3 aliphatic rings. The van der Waals surface area contributed by atoms with Crippen LogP contribution >= 0.6 is 11.6 Å². The Bertz CT molecular complexity index is 1300. The number of carbonyl (C=O) groups excluding carboxylic acids is 1. The number of likely N-dealkylation sites (tertiary alicyclic amines) is 2. The summed E-state index contributed by atoms with van der Waals surface area (Å²) in [6, 6.07) is 12.6. The molecule has 45 heavy (non-hydrogen) atoms. The van der Waals surface area contributed by atoms with E-state index in [9.17, 15) is 32.3 Å². The van der Waals surface area contributed by atoms with Gasteiger partial charge in [-0.25, -0.2) is 4.39 Å². The van der Waals surface area contributed by atoms with Gasteiger partial charge >= 0.3 is 12.1 Å². The van der Waals surface area contributed by atoms with Crippen molar-refractivity contribution in [2.24, 2.45) is 11.8 Å². The van der Waals surface area contributed by atoms with E-state index >= 15 is 0 Å². The molecule has 1 aliphatic carbocycles. The first-order chi connectivity index (χ1) is 21.5. The average Bonchev–Trinajstić information content (AvgIpc) is 3.41. The fourth-order valence-electron chi connectivity index (χ4n) is 7.79. The van der Waals surface area contributed by atoms with E-state index in [0.717, 1.165) is 49.1 Å². The lowest BCUT2D eigenvalue weighted by molar-refractivity contribution is -0.167. The van der Waals surface area contributed by atoms with Crippen molar-refractivity contribution in [3.8, 4) is 0 Å². The molecule has 2 aromatic carbocycles. The number of halogens is 5. The standard InChI is InChI=1S/C34H42ClF4N3O3/c35-30-18-27(36)12-11-25(30)17-31(43)42(22-34(37,38)39)28-13-15-40(16-14-28)19-26-20-41(21-29(26)23-7-3-1-4-8-23)32(33(44)45)24-9-5-2-6-10-24/h1,3-4,7-8,11-12,18,24,26,28-29,32H,2,5-6,9-10,13-17,19-22H2,(H,44,45). The van der Waals surface area contributed by atoms with E-state index in [-0.39, 0.29) is 29.2 Å². The fourth-order valence-corrected chi connectivity index (χ4v) is 8.02. The van der Waals surface area contributed by atoms with Gasteiger partial charge in [-0.2, -0.15) is 13.2 Å². The topological polar surface area (TPSA) is 64.1 Å². The number of carboxylic acids is 1. The molecule has 1 saturated carbocycles. The minimum Gasteiger partial charge on any atom is -0.480 e. The van der Waals surface area contributed by atoms with Crippen molar-refractivity contribution in [3.63, 3.8) is 0 Å². The molecule has 2 saturated heterocycles. The summed E-state index contributed by atoms with van der Waals surface area (Å²) in [5.41, 5.74) is 1.47. The SMILES string of the molecule is O=C(O)C(C1CCCCC1)N1CC(CN2CCC(N(CC(F)(F)F)C(=O)Cc3ccc(F)cc3Cl)CC2)C(c2ccccc2)C1. The van der Waals surface area contributed by atoms with Gasteiger partial charge in [-0.3, -0.25) is 14.5 Å².